The largest absolute Gasteiger partial charge is 0.391 e. The Labute approximate surface area is 90.6 Å². The third-order valence-electron chi connectivity index (χ3n) is 1.73. The predicted molar refractivity (Wildman–Crippen MR) is 52.4 cm³/mol. The molecule has 0 atom stereocenters. The minimum absolute atomic E-state index is 0.0333. The molecule has 7 heteroatoms. The second kappa shape index (κ2) is 5.66. The lowest BCUT2D eigenvalue weighted by Crippen LogP contribution is -2.12. The molecule has 4 nitrogen and oxygen atoms in total. The molecule has 0 saturated carbocycles. The smallest absolute Gasteiger partial charge is 0.375 e. The van der Waals surface area contributed by atoms with Gasteiger partial charge in [-0.1, -0.05) is 6.07 Å². The standard InChI is InChI=1S/C9H12F3N3O/c10-9(11,12)4-5-16-6-7-2-1-3-8(14-7)15-13/h1-3H,4-6,13H2,(H,14,15). The van der Waals surface area contributed by atoms with E-state index in [1.165, 1.54) is 0 Å². The van der Waals surface area contributed by atoms with Crippen LogP contribution in [0.25, 0.3) is 0 Å². The van der Waals surface area contributed by atoms with Gasteiger partial charge in [-0.15, -0.1) is 0 Å². The minimum atomic E-state index is -4.19. The lowest BCUT2D eigenvalue weighted by atomic mass is 10.3. The maximum atomic E-state index is 11.8. The SMILES string of the molecule is NNc1cccc(COCCC(F)(F)F)n1. The van der Waals surface area contributed by atoms with E-state index in [1.54, 1.807) is 18.2 Å². The zero-order chi connectivity index (χ0) is 12.0. The molecular weight excluding hydrogens is 223 g/mol. The average molecular weight is 235 g/mol. The van der Waals surface area contributed by atoms with Crippen molar-refractivity contribution in [3.63, 3.8) is 0 Å². The zero-order valence-corrected chi connectivity index (χ0v) is 8.42. The molecule has 0 aliphatic rings. The lowest BCUT2D eigenvalue weighted by Gasteiger charge is -2.07. The first-order chi connectivity index (χ1) is 7.51. The molecule has 0 spiro atoms. The number of hydrogen-bond acceptors (Lipinski definition) is 4. The Morgan fingerprint density at radius 2 is 2.12 bits per heavy atom. The molecule has 0 bridgehead atoms. The van der Waals surface area contributed by atoms with E-state index in [4.69, 9.17) is 10.6 Å². The second-order valence-corrected chi connectivity index (χ2v) is 3.08. The van der Waals surface area contributed by atoms with Crippen LogP contribution in [0.5, 0.6) is 0 Å². The molecule has 1 aromatic heterocycles. The monoisotopic (exact) mass is 235 g/mol. The molecule has 0 saturated heterocycles. The van der Waals surface area contributed by atoms with Crippen molar-refractivity contribution in [1.29, 1.82) is 0 Å². The van der Waals surface area contributed by atoms with Crippen LogP contribution in [0.2, 0.25) is 0 Å². The van der Waals surface area contributed by atoms with Gasteiger partial charge in [-0.3, -0.25) is 0 Å². The lowest BCUT2D eigenvalue weighted by molar-refractivity contribution is -0.146. The molecule has 1 rings (SSSR count). The van der Waals surface area contributed by atoms with Gasteiger partial charge in [0.2, 0.25) is 0 Å². The first kappa shape index (κ1) is 12.7. The molecule has 0 fully saturated rings. The van der Waals surface area contributed by atoms with E-state index in [0.717, 1.165) is 0 Å². The summed E-state index contributed by atoms with van der Waals surface area (Å²) in [4.78, 5) is 3.98. The summed E-state index contributed by atoms with van der Waals surface area (Å²) < 4.78 is 40.2. The number of nitrogens with one attached hydrogen (secondary N) is 1. The molecule has 16 heavy (non-hydrogen) atoms. The fourth-order valence-electron chi connectivity index (χ4n) is 1.00. The number of pyridine rings is 1. The van der Waals surface area contributed by atoms with Crippen LogP contribution >= 0.6 is 0 Å². The first-order valence-corrected chi connectivity index (χ1v) is 4.58. The predicted octanol–water partition coefficient (Wildman–Crippen LogP) is 1.84. The Kier molecular flexibility index (Phi) is 4.51. The molecule has 0 aromatic carbocycles. The summed E-state index contributed by atoms with van der Waals surface area (Å²) in [5, 5.41) is 0. The number of hydrogen-bond donors (Lipinski definition) is 2. The third kappa shape index (κ3) is 4.94. The summed E-state index contributed by atoms with van der Waals surface area (Å²) in [6, 6.07) is 4.97. The summed E-state index contributed by atoms with van der Waals surface area (Å²) in [5.74, 6) is 5.57. The Bertz CT molecular complexity index is 330. The van der Waals surface area contributed by atoms with Crippen molar-refractivity contribution in [3.05, 3.63) is 23.9 Å². The molecule has 0 unspecified atom stereocenters. The highest BCUT2D eigenvalue weighted by atomic mass is 19.4. The normalized spacial score (nSPS) is 11.5. The summed E-state index contributed by atoms with van der Waals surface area (Å²) in [6.45, 7) is -0.336. The summed E-state index contributed by atoms with van der Waals surface area (Å²) in [5.41, 5.74) is 2.86. The summed E-state index contributed by atoms with van der Waals surface area (Å²) >= 11 is 0. The van der Waals surface area contributed by atoms with Crippen LogP contribution in [0.4, 0.5) is 19.0 Å². The van der Waals surface area contributed by atoms with Crippen LogP contribution < -0.4 is 11.3 Å². The van der Waals surface area contributed by atoms with E-state index in [1.807, 2.05) is 0 Å². The fraction of sp³-hybridized carbons (Fsp3) is 0.444. The molecular formula is C9H12F3N3O. The van der Waals surface area contributed by atoms with Gasteiger partial charge < -0.3 is 10.2 Å². The minimum Gasteiger partial charge on any atom is -0.375 e. The number of anilines is 1. The maximum absolute atomic E-state index is 11.8. The van der Waals surface area contributed by atoms with Gasteiger partial charge in [-0.05, 0) is 12.1 Å². The summed E-state index contributed by atoms with van der Waals surface area (Å²) in [7, 11) is 0. The van der Waals surface area contributed by atoms with Gasteiger partial charge >= 0.3 is 6.18 Å². The van der Waals surface area contributed by atoms with Gasteiger partial charge in [0.05, 0.1) is 25.3 Å². The number of aromatic nitrogens is 1. The third-order valence-corrected chi connectivity index (χ3v) is 1.73. The van der Waals surface area contributed by atoms with Crippen molar-refractivity contribution in [1.82, 2.24) is 4.98 Å². The summed E-state index contributed by atoms with van der Waals surface area (Å²) in [6.07, 6.45) is -5.14. The van der Waals surface area contributed by atoms with Gasteiger partial charge in [0.1, 0.15) is 5.82 Å². The molecule has 0 amide bonds. The number of rotatable bonds is 5. The van der Waals surface area contributed by atoms with Gasteiger partial charge in [0.15, 0.2) is 0 Å². The van der Waals surface area contributed by atoms with Crippen molar-refractivity contribution >= 4 is 5.82 Å². The highest BCUT2D eigenvalue weighted by Crippen LogP contribution is 2.19. The maximum Gasteiger partial charge on any atom is 0.391 e. The molecule has 90 valence electrons. The number of nitrogens with zero attached hydrogens (tertiary/aromatic N) is 1. The number of halogens is 3. The van der Waals surface area contributed by atoms with E-state index < -0.39 is 12.6 Å². The Morgan fingerprint density at radius 3 is 2.75 bits per heavy atom. The van der Waals surface area contributed by atoms with Crippen molar-refractivity contribution in [2.75, 3.05) is 12.0 Å². The van der Waals surface area contributed by atoms with Crippen molar-refractivity contribution < 1.29 is 17.9 Å². The average Bonchev–Trinajstić information content (AvgIpc) is 2.23. The van der Waals surface area contributed by atoms with Crippen LogP contribution in [0.3, 0.4) is 0 Å². The van der Waals surface area contributed by atoms with Crippen molar-refractivity contribution in [2.24, 2.45) is 5.84 Å². The van der Waals surface area contributed by atoms with Crippen molar-refractivity contribution in [2.45, 2.75) is 19.2 Å². The Hall–Kier alpha value is -1.34. The molecule has 3 N–H and O–H groups in total. The van der Waals surface area contributed by atoms with E-state index >= 15 is 0 Å². The highest BCUT2D eigenvalue weighted by Gasteiger charge is 2.26. The van der Waals surface area contributed by atoms with E-state index in [9.17, 15) is 13.2 Å². The van der Waals surface area contributed by atoms with Crippen LogP contribution in [-0.4, -0.2) is 17.8 Å². The number of ether oxygens (including phenoxy) is 1. The quantitative estimate of drug-likeness (QED) is 0.464. The van der Waals surface area contributed by atoms with E-state index in [-0.39, 0.29) is 13.2 Å². The van der Waals surface area contributed by atoms with Crippen LogP contribution in [0.15, 0.2) is 18.2 Å². The number of hydrazine groups is 1. The van der Waals surface area contributed by atoms with Crippen molar-refractivity contribution in [3.8, 4) is 0 Å². The molecule has 0 aliphatic heterocycles. The van der Waals surface area contributed by atoms with E-state index in [0.29, 0.717) is 11.5 Å². The van der Waals surface area contributed by atoms with Crippen LogP contribution in [0, 0.1) is 0 Å². The topological polar surface area (TPSA) is 60.2 Å². The Morgan fingerprint density at radius 1 is 1.38 bits per heavy atom. The molecule has 0 aliphatic carbocycles. The number of alkyl halides is 3. The van der Waals surface area contributed by atoms with E-state index in [2.05, 4.69) is 10.4 Å². The van der Waals surface area contributed by atoms with Crippen LogP contribution in [-0.2, 0) is 11.3 Å². The molecule has 1 heterocycles. The van der Waals surface area contributed by atoms with Gasteiger partial charge in [-0.25, -0.2) is 10.8 Å². The van der Waals surface area contributed by atoms with Gasteiger partial charge in [-0.2, -0.15) is 13.2 Å². The highest BCUT2D eigenvalue weighted by molar-refractivity contribution is 5.33. The Balaban J connectivity index is 2.32. The zero-order valence-electron chi connectivity index (χ0n) is 8.42. The molecule has 0 radical (unpaired) electrons. The van der Waals surface area contributed by atoms with Gasteiger partial charge in [0.25, 0.3) is 0 Å². The van der Waals surface area contributed by atoms with Gasteiger partial charge in [0, 0.05) is 0 Å². The molecule has 1 aromatic rings. The fourth-order valence-corrected chi connectivity index (χ4v) is 1.00. The number of nitrogens with two attached hydrogens (primary N) is 1. The second-order valence-electron chi connectivity index (χ2n) is 3.08. The van der Waals surface area contributed by atoms with Crippen LogP contribution in [0.1, 0.15) is 12.1 Å². The number of nitrogen functional groups attached to an aromatic ring is 1. The first-order valence-electron chi connectivity index (χ1n) is 4.58.